The summed E-state index contributed by atoms with van der Waals surface area (Å²) in [5.41, 5.74) is 12.2. The van der Waals surface area contributed by atoms with Crippen molar-refractivity contribution in [3.05, 3.63) is 80.9 Å². The zero-order valence-electron chi connectivity index (χ0n) is 23.5. The van der Waals surface area contributed by atoms with Crippen LogP contribution in [0.5, 0.6) is 0 Å². The molecular weight excluding hydrogens is 504 g/mol. The van der Waals surface area contributed by atoms with Gasteiger partial charge in [0, 0.05) is 0 Å². The number of fused-ring (bicyclic) bond motifs is 2. The van der Waals surface area contributed by atoms with Gasteiger partial charge in [-0.25, -0.2) is 0 Å². The van der Waals surface area contributed by atoms with Crippen molar-refractivity contribution >= 4 is 19.0 Å². The summed E-state index contributed by atoms with van der Waals surface area (Å²) in [5.74, 6) is 1.37. The Bertz CT molecular complexity index is 1260. The molecule has 4 rings (SSSR count). The van der Waals surface area contributed by atoms with Crippen molar-refractivity contribution in [2.75, 3.05) is 0 Å². The summed E-state index contributed by atoms with van der Waals surface area (Å²) < 4.78 is 12.0. The van der Waals surface area contributed by atoms with Gasteiger partial charge in [0.2, 0.25) is 0 Å². The van der Waals surface area contributed by atoms with Crippen molar-refractivity contribution < 1.29 is 14.4 Å². The molecule has 2 unspecified atom stereocenters. The molecule has 0 radical (unpaired) electrons. The van der Waals surface area contributed by atoms with Gasteiger partial charge in [-0.1, -0.05) is 0 Å². The summed E-state index contributed by atoms with van der Waals surface area (Å²) in [4.78, 5) is 0. The molecule has 2 heteroatoms. The molecule has 2 aliphatic rings. The third kappa shape index (κ3) is 4.26. The van der Waals surface area contributed by atoms with Gasteiger partial charge in [0.15, 0.2) is 0 Å². The fourth-order valence-corrected chi connectivity index (χ4v) is 37.4. The standard InChI is InChI=1S/2C14H17.4CH3.H2Si.Zr/c2*1-10(2)6-12-4-5-13-7-11(3)8-14(13)9-12;;;;;;/h2*4-5,7-10H,6H2,1-3H3;4*1H3;1H2;. The molecule has 0 heterocycles. The van der Waals surface area contributed by atoms with Crippen molar-refractivity contribution in [3.63, 3.8) is 0 Å². The Labute approximate surface area is 205 Å². The Kier molecular flexibility index (Phi) is 5.43. The molecule has 0 aliphatic heterocycles. The minimum absolute atomic E-state index is 0.507. The van der Waals surface area contributed by atoms with Crippen molar-refractivity contribution in [1.29, 1.82) is 0 Å². The molecule has 2 aromatic carbocycles. The SMILES string of the molecule is CC1=Cc2cc(CC(C)C)ccc2[CH]1[Zr]([CH3])([CH3])([CH3])([CH3])(=[SiH2])[CH]1C(C)=Cc2cc(CC(C)C)ccc21. The van der Waals surface area contributed by atoms with Crippen molar-refractivity contribution in [2.24, 2.45) is 11.8 Å². The zero-order valence-corrected chi connectivity index (χ0v) is 27.4. The van der Waals surface area contributed by atoms with Gasteiger partial charge in [-0.15, -0.1) is 0 Å². The van der Waals surface area contributed by atoms with Crippen LogP contribution in [0.25, 0.3) is 12.2 Å². The molecule has 0 aromatic heterocycles. The third-order valence-electron chi connectivity index (χ3n) is 8.94. The average Bonchev–Trinajstić information content (AvgIpc) is 3.15. The molecule has 0 amide bonds. The van der Waals surface area contributed by atoms with Crippen LogP contribution < -0.4 is 0 Å². The first-order valence-corrected chi connectivity index (χ1v) is 32.1. The van der Waals surface area contributed by atoms with E-state index in [9.17, 15) is 0 Å². The molecule has 34 heavy (non-hydrogen) atoms. The van der Waals surface area contributed by atoms with Crippen LogP contribution in [0.3, 0.4) is 0 Å². The van der Waals surface area contributed by atoms with E-state index in [0.717, 1.165) is 12.8 Å². The molecule has 0 nitrogen and oxygen atoms in total. The van der Waals surface area contributed by atoms with Crippen LogP contribution in [0.4, 0.5) is 0 Å². The van der Waals surface area contributed by atoms with E-state index in [1.165, 1.54) is 22.3 Å². The number of benzene rings is 2. The van der Waals surface area contributed by atoms with E-state index < -0.39 is 14.4 Å². The predicted octanol–water partition coefficient (Wildman–Crippen LogP) is 9.20. The van der Waals surface area contributed by atoms with Gasteiger partial charge in [-0.3, -0.25) is 0 Å². The van der Waals surface area contributed by atoms with E-state index in [1.807, 2.05) is 0 Å². The fraction of sp³-hybridized carbons (Fsp3) is 0.500. The molecule has 2 aromatic rings. The van der Waals surface area contributed by atoms with Gasteiger partial charge in [-0.2, -0.15) is 0 Å². The maximum absolute atomic E-state index is 4.51. The quantitative estimate of drug-likeness (QED) is 0.314. The molecule has 0 fully saturated rings. The molecule has 0 spiro atoms. The van der Waals surface area contributed by atoms with E-state index in [2.05, 4.69) is 115 Å². The van der Waals surface area contributed by atoms with Crippen molar-refractivity contribution in [1.82, 2.24) is 0 Å². The van der Waals surface area contributed by atoms with Crippen LogP contribution in [0.15, 0.2) is 47.5 Å². The normalized spacial score (nSPS) is 23.0. The third-order valence-corrected chi connectivity index (χ3v) is 32.5. The van der Waals surface area contributed by atoms with Gasteiger partial charge in [0.25, 0.3) is 0 Å². The number of rotatable bonds is 6. The van der Waals surface area contributed by atoms with E-state index >= 15 is 0 Å². The van der Waals surface area contributed by atoms with Gasteiger partial charge in [0.1, 0.15) is 0 Å². The number of allylic oxidation sites excluding steroid dienone is 2. The van der Waals surface area contributed by atoms with E-state index in [4.69, 9.17) is 0 Å². The van der Waals surface area contributed by atoms with Crippen LogP contribution in [-0.2, 0) is 27.3 Å². The molecule has 2 atom stereocenters. The number of hydrogen-bond acceptors (Lipinski definition) is 0. The van der Waals surface area contributed by atoms with Crippen LogP contribution in [-0.4, -0.2) is 6.88 Å². The van der Waals surface area contributed by atoms with Crippen molar-refractivity contribution in [3.8, 4) is 0 Å². The van der Waals surface area contributed by atoms with Crippen LogP contribution in [0.1, 0.15) is 82.2 Å². The van der Waals surface area contributed by atoms with Gasteiger partial charge < -0.3 is 0 Å². The van der Waals surface area contributed by atoms with Gasteiger partial charge >= 0.3 is 206 Å². The van der Waals surface area contributed by atoms with E-state index in [-0.39, 0.29) is 0 Å². The topological polar surface area (TPSA) is 0 Å². The Hall–Kier alpha value is -0.980. The second-order valence-electron chi connectivity index (χ2n) is 17.1. The van der Waals surface area contributed by atoms with Crippen LogP contribution in [0, 0.1) is 11.8 Å². The Morgan fingerprint density at radius 3 is 1.35 bits per heavy atom. The van der Waals surface area contributed by atoms with Gasteiger partial charge in [0.05, 0.1) is 0 Å². The molecule has 0 N–H and O–H groups in total. The fourth-order valence-electron chi connectivity index (χ4n) is 8.59. The average molecular weight is 552 g/mol. The predicted molar refractivity (Wildman–Crippen MR) is 155 cm³/mol. The number of hydrogen-bond donors (Lipinski definition) is 0. The summed E-state index contributed by atoms with van der Waals surface area (Å²) in [6.45, 7) is 16.5. The first-order chi connectivity index (χ1) is 15.3. The molecular formula is C32H48SiZr. The Morgan fingerprint density at radius 2 is 1.03 bits per heavy atom. The second kappa shape index (κ2) is 7.07. The summed E-state index contributed by atoms with van der Waals surface area (Å²) in [7, 11) is 0. The van der Waals surface area contributed by atoms with E-state index in [0.29, 0.717) is 19.1 Å². The Morgan fingerprint density at radius 1 is 0.676 bits per heavy atom. The van der Waals surface area contributed by atoms with Crippen LogP contribution in [0.2, 0.25) is 18.5 Å². The van der Waals surface area contributed by atoms with Crippen LogP contribution >= 0.6 is 0 Å². The van der Waals surface area contributed by atoms with Gasteiger partial charge in [-0.05, 0) is 0 Å². The molecule has 0 bridgehead atoms. The molecule has 0 saturated heterocycles. The van der Waals surface area contributed by atoms with E-state index in [1.54, 1.807) is 22.3 Å². The zero-order chi connectivity index (χ0) is 25.4. The monoisotopic (exact) mass is 550 g/mol. The van der Waals surface area contributed by atoms with Crippen molar-refractivity contribution in [2.45, 2.75) is 80.2 Å². The first kappa shape index (κ1) is 26.1. The molecule has 2 aliphatic carbocycles. The molecule has 0 saturated carbocycles. The summed E-state index contributed by atoms with van der Waals surface area (Å²) in [6.07, 6.45) is 7.35. The maximum atomic E-state index is 2.76. The summed E-state index contributed by atoms with van der Waals surface area (Å²) >= 11 is -4.51. The first-order valence-electron chi connectivity index (χ1n) is 13.5. The summed E-state index contributed by atoms with van der Waals surface area (Å²) in [5, 5.41) is 0. The minimum atomic E-state index is -4.51. The summed E-state index contributed by atoms with van der Waals surface area (Å²) in [6, 6.07) is 14.8. The Balaban J connectivity index is 1.90. The molecule has 184 valence electrons. The second-order valence-corrected chi connectivity index (χ2v) is 77.3.